The number of halogens is 1. The van der Waals surface area contributed by atoms with Crippen LogP contribution in [0, 0.1) is 0 Å². The Morgan fingerprint density at radius 3 is 2.95 bits per heavy atom. The van der Waals surface area contributed by atoms with E-state index in [0.717, 1.165) is 39.4 Å². The Morgan fingerprint density at radius 1 is 1.25 bits per heavy atom. The molecule has 2 aromatic heterocycles. The summed E-state index contributed by atoms with van der Waals surface area (Å²) < 4.78 is 8.69. The molecule has 1 aromatic carbocycles. The second kappa shape index (κ2) is 4.52. The van der Waals surface area contributed by atoms with Gasteiger partial charge in [0.1, 0.15) is 11.1 Å². The normalized spacial score (nSPS) is 13.7. The van der Waals surface area contributed by atoms with Gasteiger partial charge in [-0.3, -0.25) is 4.40 Å². The number of nitrogens with zero attached hydrogens (tertiary/aromatic N) is 2. The number of benzene rings is 1. The van der Waals surface area contributed by atoms with Gasteiger partial charge in [0, 0.05) is 18.3 Å². The minimum Gasteiger partial charge on any atom is -0.488 e. The van der Waals surface area contributed by atoms with Crippen LogP contribution in [0.3, 0.4) is 0 Å². The number of fused-ring (bicyclic) bond motifs is 2. The van der Waals surface area contributed by atoms with Crippen molar-refractivity contribution in [1.29, 1.82) is 0 Å². The number of hydrogen-bond acceptors (Lipinski definition) is 3. The van der Waals surface area contributed by atoms with Crippen molar-refractivity contribution in [2.75, 3.05) is 18.5 Å². The van der Waals surface area contributed by atoms with Gasteiger partial charge in [-0.25, -0.2) is 4.98 Å². The van der Waals surface area contributed by atoms with Crippen LogP contribution < -0.4 is 10.1 Å². The molecule has 0 bridgehead atoms. The minimum atomic E-state index is 0.675. The van der Waals surface area contributed by atoms with E-state index in [1.54, 1.807) is 0 Å². The first-order chi connectivity index (χ1) is 9.84. The summed E-state index contributed by atoms with van der Waals surface area (Å²) in [6.07, 6.45) is 3.94. The predicted octanol–water partition coefficient (Wildman–Crippen LogP) is 3.57. The fourth-order valence-corrected chi connectivity index (χ4v) is 3.11. The number of nitrogens with one attached hydrogen (secondary N) is 1. The Morgan fingerprint density at radius 2 is 2.10 bits per heavy atom. The second-order valence-electron chi connectivity index (χ2n) is 4.66. The largest absolute Gasteiger partial charge is 0.488 e. The minimum absolute atomic E-state index is 0.675. The smallest absolute Gasteiger partial charge is 0.161 e. The molecular formula is C15H12BrN3O. The van der Waals surface area contributed by atoms with Gasteiger partial charge in [-0.1, -0.05) is 30.3 Å². The van der Waals surface area contributed by atoms with E-state index in [1.165, 1.54) is 0 Å². The second-order valence-corrected chi connectivity index (χ2v) is 5.46. The van der Waals surface area contributed by atoms with Gasteiger partial charge in [-0.2, -0.15) is 0 Å². The summed E-state index contributed by atoms with van der Waals surface area (Å²) in [6.45, 7) is 1.49. The monoisotopic (exact) mass is 329 g/mol. The van der Waals surface area contributed by atoms with Gasteiger partial charge in [-0.05, 0) is 15.9 Å². The zero-order valence-electron chi connectivity index (χ0n) is 10.6. The molecule has 100 valence electrons. The molecule has 1 N–H and O–H groups in total. The average molecular weight is 330 g/mol. The molecule has 4 rings (SSSR count). The van der Waals surface area contributed by atoms with Crippen molar-refractivity contribution in [2.45, 2.75) is 0 Å². The standard InChI is InChI=1S/C15H12BrN3O/c16-13-14-11(17-6-7-20-14)9-19-12(8-18-15(13)19)10-4-2-1-3-5-10/h1-5,8-9,17H,6-7H2. The lowest BCUT2D eigenvalue weighted by Crippen LogP contribution is -2.19. The molecule has 3 aromatic rings. The third-order valence-electron chi connectivity index (χ3n) is 3.43. The molecule has 0 saturated carbocycles. The van der Waals surface area contributed by atoms with Crippen molar-refractivity contribution < 1.29 is 4.74 Å². The van der Waals surface area contributed by atoms with Crippen LogP contribution >= 0.6 is 15.9 Å². The van der Waals surface area contributed by atoms with Crippen molar-refractivity contribution in [3.05, 3.63) is 47.2 Å². The summed E-state index contributed by atoms with van der Waals surface area (Å²) in [6, 6.07) is 10.2. The Kier molecular flexibility index (Phi) is 2.67. The highest BCUT2D eigenvalue weighted by Crippen LogP contribution is 2.39. The molecule has 0 saturated heterocycles. The van der Waals surface area contributed by atoms with Gasteiger partial charge in [0.05, 0.1) is 17.6 Å². The highest BCUT2D eigenvalue weighted by Gasteiger charge is 2.19. The van der Waals surface area contributed by atoms with Gasteiger partial charge >= 0.3 is 0 Å². The maximum atomic E-state index is 5.71. The summed E-state index contributed by atoms with van der Waals surface area (Å²) >= 11 is 3.61. The summed E-state index contributed by atoms with van der Waals surface area (Å²) in [5, 5.41) is 3.36. The molecule has 4 nitrogen and oxygen atoms in total. The van der Waals surface area contributed by atoms with Crippen LogP contribution in [0.2, 0.25) is 0 Å². The van der Waals surface area contributed by atoms with Gasteiger partial charge in [0.2, 0.25) is 0 Å². The molecule has 0 aliphatic carbocycles. The SMILES string of the molecule is Brc1c2c(cn3c(-c4ccccc4)cnc13)NCCO2. The average Bonchev–Trinajstić information content (AvgIpc) is 2.92. The van der Waals surface area contributed by atoms with Crippen molar-refractivity contribution in [3.8, 4) is 17.0 Å². The molecule has 0 atom stereocenters. The van der Waals surface area contributed by atoms with Gasteiger partial charge in [-0.15, -0.1) is 0 Å². The molecule has 5 heteroatoms. The molecule has 20 heavy (non-hydrogen) atoms. The third kappa shape index (κ3) is 1.70. The van der Waals surface area contributed by atoms with Crippen molar-refractivity contribution in [3.63, 3.8) is 0 Å². The number of imidazole rings is 1. The molecule has 0 radical (unpaired) electrons. The van der Waals surface area contributed by atoms with Gasteiger partial charge in [0.15, 0.2) is 11.4 Å². The number of hydrogen-bond donors (Lipinski definition) is 1. The molecular weight excluding hydrogens is 318 g/mol. The zero-order valence-corrected chi connectivity index (χ0v) is 12.2. The highest BCUT2D eigenvalue weighted by atomic mass is 79.9. The molecule has 0 fully saturated rings. The Labute approximate surface area is 124 Å². The molecule has 0 spiro atoms. The lowest BCUT2D eigenvalue weighted by atomic mass is 10.2. The fourth-order valence-electron chi connectivity index (χ4n) is 2.49. The molecule has 1 aliphatic heterocycles. The van der Waals surface area contributed by atoms with Crippen LogP contribution in [0.5, 0.6) is 5.75 Å². The summed E-state index contributed by atoms with van der Waals surface area (Å²) in [4.78, 5) is 4.51. The highest BCUT2D eigenvalue weighted by molar-refractivity contribution is 9.10. The van der Waals surface area contributed by atoms with E-state index in [4.69, 9.17) is 4.74 Å². The number of anilines is 1. The fraction of sp³-hybridized carbons (Fsp3) is 0.133. The topological polar surface area (TPSA) is 38.6 Å². The van der Waals surface area contributed by atoms with Crippen molar-refractivity contribution in [1.82, 2.24) is 9.38 Å². The zero-order chi connectivity index (χ0) is 13.5. The number of ether oxygens (including phenoxy) is 1. The van der Waals surface area contributed by atoms with Crippen LogP contribution in [0.1, 0.15) is 0 Å². The maximum absolute atomic E-state index is 5.71. The third-order valence-corrected chi connectivity index (χ3v) is 4.14. The number of rotatable bonds is 1. The molecule has 0 amide bonds. The first-order valence-corrected chi connectivity index (χ1v) is 7.25. The van der Waals surface area contributed by atoms with Crippen molar-refractivity contribution >= 4 is 27.3 Å². The van der Waals surface area contributed by atoms with Crippen LogP contribution in [0.15, 0.2) is 47.2 Å². The van der Waals surface area contributed by atoms with Crippen LogP contribution in [-0.4, -0.2) is 22.5 Å². The van der Waals surface area contributed by atoms with Crippen LogP contribution in [-0.2, 0) is 0 Å². The van der Waals surface area contributed by atoms with Gasteiger partial charge < -0.3 is 10.1 Å². The molecule has 3 heterocycles. The number of aromatic nitrogens is 2. The Hall–Kier alpha value is -2.01. The quantitative estimate of drug-likeness (QED) is 0.741. The summed E-state index contributed by atoms with van der Waals surface area (Å²) in [5.74, 6) is 0.842. The van der Waals surface area contributed by atoms with Crippen LogP contribution in [0.25, 0.3) is 16.9 Å². The predicted molar refractivity (Wildman–Crippen MR) is 82.3 cm³/mol. The Bertz CT molecular complexity index is 783. The van der Waals surface area contributed by atoms with Crippen molar-refractivity contribution in [2.24, 2.45) is 0 Å². The summed E-state index contributed by atoms with van der Waals surface area (Å²) in [7, 11) is 0. The van der Waals surface area contributed by atoms with Gasteiger partial charge in [0.25, 0.3) is 0 Å². The lowest BCUT2D eigenvalue weighted by molar-refractivity contribution is 0.321. The number of pyridine rings is 1. The van der Waals surface area contributed by atoms with E-state index in [2.05, 4.69) is 42.8 Å². The van der Waals surface area contributed by atoms with E-state index in [9.17, 15) is 0 Å². The van der Waals surface area contributed by atoms with Crippen LogP contribution in [0.4, 0.5) is 5.69 Å². The van der Waals surface area contributed by atoms with E-state index >= 15 is 0 Å². The van der Waals surface area contributed by atoms with E-state index < -0.39 is 0 Å². The molecule has 0 unspecified atom stereocenters. The van der Waals surface area contributed by atoms with E-state index in [1.807, 2.05) is 30.6 Å². The first-order valence-electron chi connectivity index (χ1n) is 6.46. The Balaban J connectivity index is 1.99. The maximum Gasteiger partial charge on any atom is 0.161 e. The summed E-state index contributed by atoms with van der Waals surface area (Å²) in [5.41, 5.74) is 4.07. The first kappa shape index (κ1) is 11.8. The van der Waals surface area contributed by atoms with E-state index in [-0.39, 0.29) is 0 Å². The molecule has 1 aliphatic rings. The lowest BCUT2D eigenvalue weighted by Gasteiger charge is -2.21. The van der Waals surface area contributed by atoms with E-state index in [0.29, 0.717) is 6.61 Å².